The van der Waals surface area contributed by atoms with E-state index >= 15 is 0 Å². The van der Waals surface area contributed by atoms with Gasteiger partial charge in [0.25, 0.3) is 5.79 Å². The van der Waals surface area contributed by atoms with E-state index in [9.17, 15) is 24.9 Å². The van der Waals surface area contributed by atoms with Crippen LogP contribution in [-0.2, 0) is 19.1 Å². The van der Waals surface area contributed by atoms with Crippen molar-refractivity contribution >= 4 is 11.9 Å². The molecule has 8 nitrogen and oxygen atoms in total. The van der Waals surface area contributed by atoms with E-state index in [0.717, 1.165) is 0 Å². The monoisotopic (exact) mass is 319 g/mol. The Labute approximate surface area is 129 Å². The Morgan fingerprint density at radius 3 is 2.41 bits per heavy atom. The molecule has 22 heavy (non-hydrogen) atoms. The molecule has 128 valence electrons. The van der Waals surface area contributed by atoms with Crippen molar-refractivity contribution in [3.8, 4) is 0 Å². The molecule has 0 radical (unpaired) electrons. The second-order valence-electron chi connectivity index (χ2n) is 5.78. The van der Waals surface area contributed by atoms with Gasteiger partial charge in [0.05, 0.1) is 24.4 Å². The van der Waals surface area contributed by atoms with Crippen molar-refractivity contribution in [2.75, 3.05) is 7.11 Å². The van der Waals surface area contributed by atoms with Crippen molar-refractivity contribution in [2.45, 2.75) is 63.8 Å². The smallest absolute Gasteiger partial charge is 0.364 e. The topological polar surface area (TPSA) is 125 Å². The molecule has 6 unspecified atom stereocenters. The third kappa shape index (κ3) is 3.95. The van der Waals surface area contributed by atoms with E-state index in [1.165, 1.54) is 21.0 Å². The fourth-order valence-electron chi connectivity index (χ4n) is 2.61. The molecular weight excluding hydrogens is 294 g/mol. The summed E-state index contributed by atoms with van der Waals surface area (Å²) in [6.45, 7) is 4.48. The molecule has 6 atom stereocenters. The molecule has 1 aliphatic rings. The molecular formula is C14H25NO7. The van der Waals surface area contributed by atoms with E-state index in [1.807, 2.05) is 0 Å². The Bertz CT molecular complexity index is 414. The number of aliphatic hydroxyl groups excluding tert-OH is 2. The first-order chi connectivity index (χ1) is 10.1. The zero-order valence-corrected chi connectivity index (χ0v) is 13.3. The molecule has 1 heterocycles. The maximum absolute atomic E-state index is 11.6. The van der Waals surface area contributed by atoms with Crippen LogP contribution in [0, 0.1) is 5.92 Å². The highest BCUT2D eigenvalue weighted by atomic mass is 16.7. The maximum atomic E-state index is 11.6. The SMILES string of the molecule is COC1(C(=O)O)CCC(O)C(NC(C)=O)C(C(C)C(C)O)O1. The fourth-order valence-corrected chi connectivity index (χ4v) is 2.61. The zero-order valence-electron chi connectivity index (χ0n) is 13.3. The van der Waals surface area contributed by atoms with E-state index in [2.05, 4.69) is 5.32 Å². The van der Waals surface area contributed by atoms with E-state index in [4.69, 9.17) is 9.47 Å². The summed E-state index contributed by atoms with van der Waals surface area (Å²) in [4.78, 5) is 22.9. The van der Waals surface area contributed by atoms with Gasteiger partial charge in [-0.25, -0.2) is 4.79 Å². The number of aliphatic carboxylic acids is 1. The van der Waals surface area contributed by atoms with Gasteiger partial charge in [-0.15, -0.1) is 0 Å². The minimum absolute atomic E-state index is 0.0703. The fraction of sp³-hybridized carbons (Fsp3) is 0.857. The molecule has 0 spiro atoms. The third-order valence-corrected chi connectivity index (χ3v) is 4.17. The minimum Gasteiger partial charge on any atom is -0.477 e. The number of carboxylic acids is 1. The molecule has 1 saturated heterocycles. The molecule has 0 aliphatic carbocycles. The molecule has 0 aromatic heterocycles. The number of carboxylic acid groups (broad SMARTS) is 1. The van der Waals surface area contributed by atoms with Crippen molar-refractivity contribution in [2.24, 2.45) is 5.92 Å². The average Bonchev–Trinajstić information content (AvgIpc) is 2.57. The van der Waals surface area contributed by atoms with Crippen LogP contribution in [0.2, 0.25) is 0 Å². The molecule has 0 bridgehead atoms. The number of amides is 1. The number of ether oxygens (including phenoxy) is 2. The molecule has 8 heteroatoms. The highest BCUT2D eigenvalue weighted by molar-refractivity contribution is 5.76. The van der Waals surface area contributed by atoms with Gasteiger partial charge < -0.3 is 30.1 Å². The van der Waals surface area contributed by atoms with Crippen LogP contribution in [0.25, 0.3) is 0 Å². The molecule has 0 aromatic carbocycles. The van der Waals surface area contributed by atoms with Gasteiger partial charge in [-0.2, -0.15) is 0 Å². The number of carbonyl (C=O) groups excluding carboxylic acids is 1. The highest BCUT2D eigenvalue weighted by Gasteiger charge is 2.50. The van der Waals surface area contributed by atoms with Crippen molar-refractivity contribution in [1.29, 1.82) is 0 Å². The lowest BCUT2D eigenvalue weighted by Crippen LogP contribution is -2.56. The zero-order chi connectivity index (χ0) is 17.1. The van der Waals surface area contributed by atoms with Crippen LogP contribution >= 0.6 is 0 Å². The van der Waals surface area contributed by atoms with Crippen LogP contribution in [0.1, 0.15) is 33.6 Å². The van der Waals surface area contributed by atoms with E-state index in [-0.39, 0.29) is 18.7 Å². The minimum atomic E-state index is -1.91. The van der Waals surface area contributed by atoms with Gasteiger partial charge >= 0.3 is 5.97 Å². The van der Waals surface area contributed by atoms with Crippen LogP contribution in [0.3, 0.4) is 0 Å². The standard InChI is InChI=1S/C14H25NO7/c1-7(8(2)16)12-11(15-9(3)17)10(18)5-6-14(21-4,22-12)13(19)20/h7-8,10-12,16,18H,5-6H2,1-4H3,(H,15,17)(H,19,20). The maximum Gasteiger partial charge on any atom is 0.364 e. The summed E-state index contributed by atoms with van der Waals surface area (Å²) in [5.41, 5.74) is 0. The van der Waals surface area contributed by atoms with Gasteiger partial charge in [-0.05, 0) is 13.3 Å². The molecule has 0 saturated carbocycles. The quantitative estimate of drug-likeness (QED) is 0.537. The Balaban J connectivity index is 3.21. The third-order valence-electron chi connectivity index (χ3n) is 4.17. The number of rotatable bonds is 5. The lowest BCUT2D eigenvalue weighted by Gasteiger charge is -2.37. The molecule has 1 rings (SSSR count). The highest BCUT2D eigenvalue weighted by Crippen LogP contribution is 2.33. The number of hydrogen-bond donors (Lipinski definition) is 4. The van der Waals surface area contributed by atoms with Crippen molar-refractivity contribution in [3.63, 3.8) is 0 Å². The van der Waals surface area contributed by atoms with Crippen molar-refractivity contribution in [1.82, 2.24) is 5.32 Å². The van der Waals surface area contributed by atoms with Crippen molar-refractivity contribution in [3.05, 3.63) is 0 Å². The predicted octanol–water partition coefficient (Wildman–Crippen LogP) is -0.525. The number of carbonyl (C=O) groups is 2. The largest absolute Gasteiger partial charge is 0.477 e. The summed E-state index contributed by atoms with van der Waals surface area (Å²) in [6, 6.07) is -0.835. The van der Waals surface area contributed by atoms with Crippen LogP contribution in [0.15, 0.2) is 0 Å². The molecule has 1 aliphatic heterocycles. The van der Waals surface area contributed by atoms with Gasteiger partial charge in [-0.1, -0.05) is 6.92 Å². The first-order valence-electron chi connectivity index (χ1n) is 7.24. The van der Waals surface area contributed by atoms with E-state index < -0.39 is 42.0 Å². The Kier molecular flexibility index (Phi) is 6.30. The Morgan fingerprint density at radius 1 is 1.41 bits per heavy atom. The van der Waals surface area contributed by atoms with Gasteiger partial charge in [0.1, 0.15) is 0 Å². The summed E-state index contributed by atoms with van der Waals surface area (Å²) in [5.74, 6) is -4.13. The van der Waals surface area contributed by atoms with Crippen LogP contribution in [0.4, 0.5) is 0 Å². The lowest BCUT2D eigenvalue weighted by atomic mass is 9.89. The number of hydrogen-bond acceptors (Lipinski definition) is 6. The average molecular weight is 319 g/mol. The normalized spacial score (nSPS) is 35.3. The molecule has 4 N–H and O–H groups in total. The summed E-state index contributed by atoms with van der Waals surface area (Å²) < 4.78 is 10.7. The van der Waals surface area contributed by atoms with Crippen molar-refractivity contribution < 1.29 is 34.4 Å². The number of aliphatic hydroxyl groups is 2. The number of nitrogens with one attached hydrogen (secondary N) is 1. The number of methoxy groups -OCH3 is 1. The predicted molar refractivity (Wildman–Crippen MR) is 75.9 cm³/mol. The van der Waals surface area contributed by atoms with Crippen LogP contribution in [0.5, 0.6) is 0 Å². The summed E-state index contributed by atoms with van der Waals surface area (Å²) in [7, 11) is 1.21. The molecule has 0 aromatic rings. The van der Waals surface area contributed by atoms with Gasteiger partial charge in [0.2, 0.25) is 5.91 Å². The Morgan fingerprint density at radius 2 is 2.00 bits per heavy atom. The van der Waals surface area contributed by atoms with Gasteiger partial charge in [-0.3, -0.25) is 4.79 Å². The van der Waals surface area contributed by atoms with Gasteiger partial charge in [0.15, 0.2) is 0 Å². The second-order valence-corrected chi connectivity index (χ2v) is 5.78. The first kappa shape index (κ1) is 18.8. The molecule has 1 amide bonds. The lowest BCUT2D eigenvalue weighted by molar-refractivity contribution is -0.261. The summed E-state index contributed by atoms with van der Waals surface area (Å²) >= 11 is 0. The van der Waals surface area contributed by atoms with Crippen LogP contribution < -0.4 is 5.32 Å². The van der Waals surface area contributed by atoms with Crippen LogP contribution in [-0.4, -0.2) is 64.4 Å². The van der Waals surface area contributed by atoms with E-state index in [0.29, 0.717) is 0 Å². The first-order valence-corrected chi connectivity index (χ1v) is 7.24. The second kappa shape index (κ2) is 7.36. The summed E-state index contributed by atoms with van der Waals surface area (Å²) in [6.07, 6.45) is -2.74. The Hall–Kier alpha value is -1.22. The van der Waals surface area contributed by atoms with Gasteiger partial charge in [0, 0.05) is 26.4 Å². The molecule has 1 fully saturated rings. The summed E-state index contributed by atoms with van der Waals surface area (Å²) in [5, 5.41) is 32.1. The van der Waals surface area contributed by atoms with E-state index in [1.54, 1.807) is 6.92 Å².